The number of carbonyl (C=O) groups excluding carboxylic acids is 1. The van der Waals surface area contributed by atoms with E-state index in [0.717, 1.165) is 12.1 Å². The number of hydrogen-bond donors (Lipinski definition) is 2. The third kappa shape index (κ3) is 4.81. The number of halogens is 4. The first kappa shape index (κ1) is 19.3. The van der Waals surface area contributed by atoms with Crippen LogP contribution in [0.5, 0.6) is 0 Å². The van der Waals surface area contributed by atoms with Crippen molar-refractivity contribution in [3.63, 3.8) is 0 Å². The molecule has 0 fully saturated rings. The van der Waals surface area contributed by atoms with Gasteiger partial charge in [-0.05, 0) is 30.3 Å². The van der Waals surface area contributed by atoms with E-state index in [1.165, 1.54) is 42.6 Å². The summed E-state index contributed by atoms with van der Waals surface area (Å²) in [4.78, 5) is 20.1. The van der Waals surface area contributed by atoms with Crippen LogP contribution < -0.4 is 10.6 Å². The molecule has 0 spiro atoms. The zero-order valence-electron chi connectivity index (χ0n) is 14.3. The molecule has 1 heterocycles. The number of nitrogens with zero attached hydrogens (tertiary/aromatic N) is 2. The summed E-state index contributed by atoms with van der Waals surface area (Å²) in [6.07, 6.45) is -3.19. The van der Waals surface area contributed by atoms with Crippen LogP contribution in [0, 0.1) is 5.82 Å². The van der Waals surface area contributed by atoms with Gasteiger partial charge in [-0.2, -0.15) is 13.2 Å². The summed E-state index contributed by atoms with van der Waals surface area (Å²) in [6, 6.07) is 11.9. The molecule has 144 valence electrons. The van der Waals surface area contributed by atoms with E-state index in [0.29, 0.717) is 5.56 Å². The van der Waals surface area contributed by atoms with E-state index >= 15 is 0 Å². The van der Waals surface area contributed by atoms with Gasteiger partial charge in [-0.25, -0.2) is 14.4 Å². The molecule has 0 saturated carbocycles. The van der Waals surface area contributed by atoms with Gasteiger partial charge in [-0.3, -0.25) is 4.79 Å². The Morgan fingerprint density at radius 2 is 1.82 bits per heavy atom. The molecule has 9 heteroatoms. The van der Waals surface area contributed by atoms with Crippen molar-refractivity contribution in [2.24, 2.45) is 0 Å². The summed E-state index contributed by atoms with van der Waals surface area (Å²) < 4.78 is 52.0. The first-order valence-electron chi connectivity index (χ1n) is 8.12. The summed E-state index contributed by atoms with van der Waals surface area (Å²) in [7, 11) is 0. The maximum absolute atomic E-state index is 13.6. The predicted octanol–water partition coefficient (Wildman–Crippen LogP) is 4.31. The molecule has 0 bridgehead atoms. The third-order valence-corrected chi connectivity index (χ3v) is 3.73. The lowest BCUT2D eigenvalue weighted by Crippen LogP contribution is -2.24. The lowest BCUT2D eigenvalue weighted by Gasteiger charge is -2.10. The minimum Gasteiger partial charge on any atom is -0.347 e. The fraction of sp³-hybridized carbons (Fsp3) is 0.105. The van der Waals surface area contributed by atoms with Crippen LogP contribution in [0.3, 0.4) is 0 Å². The molecule has 1 aromatic heterocycles. The molecule has 2 N–H and O–H groups in total. The van der Waals surface area contributed by atoms with Crippen molar-refractivity contribution in [2.75, 3.05) is 5.32 Å². The van der Waals surface area contributed by atoms with Crippen LogP contribution >= 0.6 is 0 Å². The highest BCUT2D eigenvalue weighted by molar-refractivity contribution is 5.92. The number of carbonyl (C=O) groups is 1. The lowest BCUT2D eigenvalue weighted by molar-refractivity contribution is -0.137. The van der Waals surface area contributed by atoms with Gasteiger partial charge in [-0.15, -0.1) is 0 Å². The predicted molar refractivity (Wildman–Crippen MR) is 94.3 cm³/mol. The van der Waals surface area contributed by atoms with Crippen LogP contribution in [0.2, 0.25) is 0 Å². The Hall–Kier alpha value is -3.49. The third-order valence-electron chi connectivity index (χ3n) is 3.73. The van der Waals surface area contributed by atoms with Crippen LogP contribution in [0.1, 0.15) is 21.6 Å². The average molecular weight is 390 g/mol. The average Bonchev–Trinajstić information content (AvgIpc) is 2.67. The molecule has 1 amide bonds. The topological polar surface area (TPSA) is 66.9 Å². The van der Waals surface area contributed by atoms with Crippen LogP contribution in [0.15, 0.2) is 60.8 Å². The number of amides is 1. The van der Waals surface area contributed by atoms with Gasteiger partial charge in [0.25, 0.3) is 5.91 Å². The fourth-order valence-electron chi connectivity index (χ4n) is 2.36. The van der Waals surface area contributed by atoms with Gasteiger partial charge in [-0.1, -0.05) is 24.3 Å². The maximum atomic E-state index is 13.6. The first-order chi connectivity index (χ1) is 13.3. The molecule has 3 aromatic rings. The number of aromatic nitrogens is 2. The molecule has 28 heavy (non-hydrogen) atoms. The van der Waals surface area contributed by atoms with Gasteiger partial charge in [0.15, 0.2) is 0 Å². The summed E-state index contributed by atoms with van der Waals surface area (Å²) in [5.41, 5.74) is -0.400. The molecule has 3 rings (SSSR count). The number of hydrogen-bond acceptors (Lipinski definition) is 4. The van der Waals surface area contributed by atoms with E-state index in [4.69, 9.17) is 0 Å². The molecule has 0 unspecified atom stereocenters. The highest BCUT2D eigenvalue weighted by atomic mass is 19.4. The Morgan fingerprint density at radius 3 is 2.57 bits per heavy atom. The van der Waals surface area contributed by atoms with E-state index in [1.54, 1.807) is 6.07 Å². The standard InChI is InChI=1S/C19H14F4N4O/c20-15-7-2-1-4-12(15)11-25-17(28)16-8-9-24-18(27-16)26-14-6-3-5-13(10-14)19(21,22)23/h1-10H,11H2,(H,25,28)(H,24,26,27). The van der Waals surface area contributed by atoms with E-state index in [1.807, 2.05) is 0 Å². The Kier molecular flexibility index (Phi) is 5.53. The summed E-state index contributed by atoms with van der Waals surface area (Å²) in [5, 5.41) is 5.16. The number of anilines is 2. The largest absolute Gasteiger partial charge is 0.416 e. The van der Waals surface area contributed by atoms with Crippen molar-refractivity contribution in [3.05, 3.63) is 83.4 Å². The number of nitrogens with one attached hydrogen (secondary N) is 2. The summed E-state index contributed by atoms with van der Waals surface area (Å²) in [6.45, 7) is -0.0358. The Labute approximate surface area is 157 Å². The Balaban J connectivity index is 1.70. The van der Waals surface area contributed by atoms with E-state index < -0.39 is 23.5 Å². The second-order valence-corrected chi connectivity index (χ2v) is 5.74. The molecule has 2 aromatic carbocycles. The van der Waals surface area contributed by atoms with Crippen molar-refractivity contribution in [2.45, 2.75) is 12.7 Å². The quantitative estimate of drug-likeness (QED) is 0.638. The smallest absolute Gasteiger partial charge is 0.347 e. The van der Waals surface area contributed by atoms with E-state index in [2.05, 4.69) is 20.6 Å². The van der Waals surface area contributed by atoms with E-state index in [9.17, 15) is 22.4 Å². The molecule has 0 radical (unpaired) electrons. The van der Waals surface area contributed by atoms with Gasteiger partial charge in [0.2, 0.25) is 5.95 Å². The SMILES string of the molecule is O=C(NCc1ccccc1F)c1ccnc(Nc2cccc(C(F)(F)F)c2)n1. The maximum Gasteiger partial charge on any atom is 0.416 e. The number of alkyl halides is 3. The molecule has 5 nitrogen and oxygen atoms in total. The molecule has 0 aliphatic carbocycles. The van der Waals surface area contributed by atoms with E-state index in [-0.39, 0.29) is 23.9 Å². The normalized spacial score (nSPS) is 11.1. The van der Waals surface area contributed by atoms with Gasteiger partial charge >= 0.3 is 6.18 Å². The van der Waals surface area contributed by atoms with Crippen molar-refractivity contribution in [1.82, 2.24) is 15.3 Å². The molecule has 0 aliphatic heterocycles. The monoisotopic (exact) mass is 390 g/mol. The highest BCUT2D eigenvalue weighted by Crippen LogP contribution is 2.31. The van der Waals surface area contributed by atoms with Crippen LogP contribution in [0.4, 0.5) is 29.2 Å². The minimum absolute atomic E-state index is 0.0131. The second kappa shape index (κ2) is 8.03. The summed E-state index contributed by atoms with van der Waals surface area (Å²) in [5.74, 6) is -1.06. The van der Waals surface area contributed by atoms with Crippen molar-refractivity contribution < 1.29 is 22.4 Å². The highest BCUT2D eigenvalue weighted by Gasteiger charge is 2.30. The summed E-state index contributed by atoms with van der Waals surface area (Å²) >= 11 is 0. The van der Waals surface area contributed by atoms with Gasteiger partial charge in [0, 0.05) is 24.0 Å². The molecule has 0 saturated heterocycles. The Bertz CT molecular complexity index is 991. The van der Waals surface area contributed by atoms with Crippen molar-refractivity contribution in [1.29, 1.82) is 0 Å². The minimum atomic E-state index is -4.48. The van der Waals surface area contributed by atoms with Gasteiger partial charge in [0.1, 0.15) is 11.5 Å². The zero-order chi connectivity index (χ0) is 20.1. The van der Waals surface area contributed by atoms with Crippen LogP contribution in [0.25, 0.3) is 0 Å². The molecular formula is C19H14F4N4O. The van der Waals surface area contributed by atoms with Gasteiger partial charge < -0.3 is 10.6 Å². The number of rotatable bonds is 5. The zero-order valence-corrected chi connectivity index (χ0v) is 14.3. The second-order valence-electron chi connectivity index (χ2n) is 5.74. The van der Waals surface area contributed by atoms with Crippen molar-refractivity contribution in [3.8, 4) is 0 Å². The Morgan fingerprint density at radius 1 is 1.04 bits per heavy atom. The van der Waals surface area contributed by atoms with Crippen LogP contribution in [-0.4, -0.2) is 15.9 Å². The molecule has 0 aliphatic rings. The van der Waals surface area contributed by atoms with Crippen molar-refractivity contribution >= 4 is 17.5 Å². The molecule has 0 atom stereocenters. The first-order valence-corrected chi connectivity index (χ1v) is 8.12. The van der Waals surface area contributed by atoms with Crippen LogP contribution in [-0.2, 0) is 12.7 Å². The number of benzene rings is 2. The lowest BCUT2D eigenvalue weighted by atomic mass is 10.2. The molecular weight excluding hydrogens is 376 g/mol. The fourth-order valence-corrected chi connectivity index (χ4v) is 2.36. The van der Waals surface area contributed by atoms with Gasteiger partial charge in [0.05, 0.1) is 5.56 Å².